The van der Waals surface area contributed by atoms with Gasteiger partial charge in [0.15, 0.2) is 0 Å². The van der Waals surface area contributed by atoms with Gasteiger partial charge in [-0.2, -0.15) is 0 Å². The Bertz CT molecular complexity index is 1140. The normalized spacial score (nSPS) is 11.1. The molecule has 3 aromatic carbocycles. The van der Waals surface area contributed by atoms with Crippen LogP contribution in [-0.2, 0) is 10.0 Å². The van der Waals surface area contributed by atoms with Crippen molar-refractivity contribution in [2.45, 2.75) is 4.90 Å². The van der Waals surface area contributed by atoms with E-state index in [1.165, 1.54) is 30.3 Å². The fraction of sp³-hybridized carbons (Fsp3) is 0. The zero-order valence-electron chi connectivity index (χ0n) is 14.1. The van der Waals surface area contributed by atoms with Crippen molar-refractivity contribution >= 4 is 62.1 Å². The molecule has 0 unspecified atom stereocenters. The molecule has 0 aliphatic heterocycles. The van der Waals surface area contributed by atoms with E-state index >= 15 is 0 Å². The van der Waals surface area contributed by atoms with Crippen LogP contribution in [0.4, 0.5) is 11.4 Å². The fourth-order valence-corrected chi connectivity index (χ4v) is 4.05. The second-order valence-corrected chi connectivity index (χ2v) is 8.54. The molecule has 0 aromatic heterocycles. The second kappa shape index (κ2) is 8.41. The zero-order valence-corrected chi connectivity index (χ0v) is 17.2. The quantitative estimate of drug-likeness (QED) is 0.518. The lowest BCUT2D eigenvalue weighted by Crippen LogP contribution is -2.15. The van der Waals surface area contributed by atoms with Crippen molar-refractivity contribution in [3.63, 3.8) is 0 Å². The monoisotopic (exact) mass is 454 g/mol. The van der Waals surface area contributed by atoms with Crippen LogP contribution in [0.25, 0.3) is 0 Å². The van der Waals surface area contributed by atoms with Crippen LogP contribution in [0.5, 0.6) is 0 Å². The minimum Gasteiger partial charge on any atom is -0.321 e. The highest BCUT2D eigenvalue weighted by Crippen LogP contribution is 2.31. The lowest BCUT2D eigenvalue weighted by Gasteiger charge is -2.12. The van der Waals surface area contributed by atoms with Crippen LogP contribution in [0.2, 0.25) is 15.1 Å². The molecule has 0 atom stereocenters. The number of carbonyl (C=O) groups excluding carboxylic acids is 1. The van der Waals surface area contributed by atoms with Crippen LogP contribution < -0.4 is 10.0 Å². The molecule has 28 heavy (non-hydrogen) atoms. The standard InChI is InChI=1S/C19H13Cl3N2O3S/c20-15-7-4-8-17(18(15)22)23-19(25)14-10-9-12(11-16(14)21)24-28(26,27)13-5-2-1-3-6-13/h1-11,24H,(H,23,25). The third kappa shape index (κ3) is 4.59. The van der Waals surface area contributed by atoms with Gasteiger partial charge in [0.1, 0.15) is 0 Å². The molecule has 3 aromatic rings. The van der Waals surface area contributed by atoms with Gasteiger partial charge in [0.05, 0.1) is 36.9 Å². The molecular formula is C19H13Cl3N2O3S. The summed E-state index contributed by atoms with van der Waals surface area (Å²) >= 11 is 18.2. The summed E-state index contributed by atoms with van der Waals surface area (Å²) in [5, 5.41) is 3.21. The number of halogens is 3. The average Bonchev–Trinajstić information content (AvgIpc) is 2.66. The van der Waals surface area contributed by atoms with Crippen LogP contribution in [0.15, 0.2) is 71.6 Å². The lowest BCUT2D eigenvalue weighted by atomic mass is 10.2. The predicted octanol–water partition coefficient (Wildman–Crippen LogP) is 5.70. The minimum absolute atomic E-state index is 0.0731. The zero-order chi connectivity index (χ0) is 20.3. The molecule has 1 amide bonds. The van der Waals surface area contributed by atoms with Crippen molar-refractivity contribution in [3.8, 4) is 0 Å². The highest BCUT2D eigenvalue weighted by molar-refractivity contribution is 7.92. The van der Waals surface area contributed by atoms with E-state index in [0.29, 0.717) is 10.7 Å². The van der Waals surface area contributed by atoms with E-state index in [-0.39, 0.29) is 26.2 Å². The number of amides is 1. The maximum Gasteiger partial charge on any atom is 0.261 e. The largest absolute Gasteiger partial charge is 0.321 e. The van der Waals surface area contributed by atoms with Gasteiger partial charge in [-0.3, -0.25) is 9.52 Å². The average molecular weight is 456 g/mol. The molecule has 0 spiro atoms. The molecule has 0 aliphatic carbocycles. The minimum atomic E-state index is -3.76. The third-order valence-electron chi connectivity index (χ3n) is 3.72. The molecule has 0 bridgehead atoms. The number of benzene rings is 3. The Morgan fingerprint density at radius 3 is 2.21 bits per heavy atom. The van der Waals surface area contributed by atoms with E-state index in [4.69, 9.17) is 34.8 Å². The molecule has 144 valence electrons. The summed E-state index contributed by atoms with van der Waals surface area (Å²) in [4.78, 5) is 12.6. The highest BCUT2D eigenvalue weighted by atomic mass is 35.5. The molecule has 2 N–H and O–H groups in total. The van der Waals surface area contributed by atoms with Gasteiger partial charge in [-0.05, 0) is 42.5 Å². The Morgan fingerprint density at radius 1 is 0.821 bits per heavy atom. The van der Waals surface area contributed by atoms with Gasteiger partial charge in [0.2, 0.25) is 0 Å². The van der Waals surface area contributed by atoms with Crippen molar-refractivity contribution < 1.29 is 13.2 Å². The summed E-state index contributed by atoms with van der Waals surface area (Å²) in [7, 11) is -3.76. The summed E-state index contributed by atoms with van der Waals surface area (Å²) < 4.78 is 27.2. The Morgan fingerprint density at radius 2 is 1.54 bits per heavy atom. The van der Waals surface area contributed by atoms with Crippen molar-refractivity contribution in [1.82, 2.24) is 0 Å². The first kappa shape index (κ1) is 20.5. The lowest BCUT2D eigenvalue weighted by molar-refractivity contribution is 0.102. The van der Waals surface area contributed by atoms with Crippen molar-refractivity contribution in [2.75, 3.05) is 10.0 Å². The molecule has 0 heterocycles. The number of rotatable bonds is 5. The van der Waals surface area contributed by atoms with Crippen LogP contribution >= 0.6 is 34.8 Å². The first-order valence-corrected chi connectivity index (χ1v) is 10.5. The SMILES string of the molecule is O=C(Nc1cccc(Cl)c1Cl)c1ccc(NS(=O)(=O)c2ccccc2)cc1Cl. The van der Waals surface area contributed by atoms with Crippen LogP contribution in [-0.4, -0.2) is 14.3 Å². The molecule has 0 aliphatic rings. The van der Waals surface area contributed by atoms with E-state index in [1.54, 1.807) is 36.4 Å². The Labute approximate surface area is 177 Å². The van der Waals surface area contributed by atoms with Gasteiger partial charge in [-0.25, -0.2) is 8.42 Å². The number of hydrogen-bond acceptors (Lipinski definition) is 3. The van der Waals surface area contributed by atoms with Gasteiger partial charge in [0, 0.05) is 0 Å². The van der Waals surface area contributed by atoms with Crippen LogP contribution in [0.1, 0.15) is 10.4 Å². The van der Waals surface area contributed by atoms with Gasteiger partial charge >= 0.3 is 0 Å². The first-order chi connectivity index (χ1) is 13.3. The molecule has 3 rings (SSSR count). The first-order valence-electron chi connectivity index (χ1n) is 7.91. The van der Waals surface area contributed by atoms with E-state index in [2.05, 4.69) is 10.0 Å². The predicted molar refractivity (Wildman–Crippen MR) is 113 cm³/mol. The van der Waals surface area contributed by atoms with Crippen LogP contribution in [0.3, 0.4) is 0 Å². The maximum atomic E-state index is 12.5. The maximum absolute atomic E-state index is 12.5. The van der Waals surface area contributed by atoms with Crippen molar-refractivity contribution in [2.24, 2.45) is 0 Å². The number of nitrogens with one attached hydrogen (secondary N) is 2. The van der Waals surface area contributed by atoms with E-state index in [0.717, 1.165) is 0 Å². The summed E-state index contributed by atoms with van der Waals surface area (Å²) in [5.74, 6) is -0.508. The van der Waals surface area contributed by atoms with E-state index in [9.17, 15) is 13.2 Å². The molecule has 9 heteroatoms. The molecular weight excluding hydrogens is 443 g/mol. The van der Waals surface area contributed by atoms with Gasteiger partial charge in [-0.1, -0.05) is 59.1 Å². The number of sulfonamides is 1. The smallest absolute Gasteiger partial charge is 0.261 e. The van der Waals surface area contributed by atoms with Gasteiger partial charge in [0.25, 0.3) is 15.9 Å². The summed E-state index contributed by atoms with van der Waals surface area (Å²) in [6, 6.07) is 17.0. The van der Waals surface area contributed by atoms with E-state index < -0.39 is 15.9 Å². The number of anilines is 2. The topological polar surface area (TPSA) is 75.3 Å². The van der Waals surface area contributed by atoms with Gasteiger partial charge < -0.3 is 5.32 Å². The molecule has 0 radical (unpaired) electrons. The number of hydrogen-bond donors (Lipinski definition) is 2. The second-order valence-electron chi connectivity index (χ2n) is 5.67. The molecule has 0 saturated carbocycles. The van der Waals surface area contributed by atoms with Crippen LogP contribution in [0, 0.1) is 0 Å². The van der Waals surface area contributed by atoms with Gasteiger partial charge in [-0.15, -0.1) is 0 Å². The third-order valence-corrected chi connectivity index (χ3v) is 6.25. The fourth-order valence-electron chi connectivity index (χ4n) is 2.37. The Balaban J connectivity index is 1.80. The molecule has 0 saturated heterocycles. The number of carbonyl (C=O) groups is 1. The van der Waals surface area contributed by atoms with Crippen molar-refractivity contribution in [1.29, 1.82) is 0 Å². The van der Waals surface area contributed by atoms with E-state index in [1.807, 2.05) is 0 Å². The Kier molecular flexibility index (Phi) is 6.15. The molecule has 5 nitrogen and oxygen atoms in total. The summed E-state index contributed by atoms with van der Waals surface area (Å²) in [6.45, 7) is 0. The molecule has 0 fully saturated rings. The van der Waals surface area contributed by atoms with Crippen molar-refractivity contribution in [3.05, 3.63) is 87.4 Å². The highest BCUT2D eigenvalue weighted by Gasteiger charge is 2.17. The summed E-state index contributed by atoms with van der Waals surface area (Å²) in [6.07, 6.45) is 0. The summed E-state index contributed by atoms with van der Waals surface area (Å²) in [5.41, 5.74) is 0.718. The Hall–Kier alpha value is -2.25.